The van der Waals surface area contributed by atoms with E-state index in [9.17, 15) is 0 Å². The predicted molar refractivity (Wildman–Crippen MR) is 24.9 cm³/mol. The number of hydrogen-bond donors (Lipinski definition) is 0. The van der Waals surface area contributed by atoms with Crippen molar-refractivity contribution in [1.82, 2.24) is 0 Å². The van der Waals surface area contributed by atoms with Crippen LogP contribution in [0.25, 0.3) is 0 Å². The van der Waals surface area contributed by atoms with Gasteiger partial charge in [-0.1, -0.05) is 0 Å². The molecule has 0 aliphatic rings. The van der Waals surface area contributed by atoms with E-state index in [4.69, 9.17) is 19.2 Å². The summed E-state index contributed by atoms with van der Waals surface area (Å²) in [6, 6.07) is 0. The summed E-state index contributed by atoms with van der Waals surface area (Å²) >= 11 is 0. The summed E-state index contributed by atoms with van der Waals surface area (Å²) in [6.45, 7) is 0. The van der Waals surface area contributed by atoms with Crippen LogP contribution in [0.1, 0.15) is 0 Å². The van der Waals surface area contributed by atoms with Crippen LogP contribution >= 0.6 is 7.82 Å². The summed E-state index contributed by atoms with van der Waals surface area (Å²) < 4.78 is 8.55. The van der Waals surface area contributed by atoms with E-state index >= 15 is 0 Å². The maximum atomic E-state index is 8.55. The smallest absolute Gasteiger partial charge is 3.00 e. The van der Waals surface area contributed by atoms with Crippen molar-refractivity contribution >= 4 is 62.9 Å². The van der Waals surface area contributed by atoms with Crippen LogP contribution in [0.4, 0.5) is 0 Å². The quantitative estimate of drug-likeness (QED) is 0.331. The summed E-state index contributed by atoms with van der Waals surface area (Å²) in [5.74, 6) is 0. The van der Waals surface area contributed by atoms with Crippen LogP contribution in [0.15, 0.2) is 0 Å². The second-order valence-electron chi connectivity index (χ2n) is 0.447. The zero-order chi connectivity index (χ0) is 4.50. The van der Waals surface area contributed by atoms with Crippen LogP contribution in [0.5, 0.6) is 0 Å². The second-order valence-corrected chi connectivity index (χ2v) is 1.34. The first-order valence-corrected chi connectivity index (χ1v) is 2.19. The predicted octanol–water partition coefficient (Wildman–Crippen LogP) is -3.97. The van der Waals surface area contributed by atoms with Crippen LogP contribution in [-0.4, -0.2) is 55.1 Å². The first-order chi connectivity index (χ1) is 2.00. The fourth-order valence-corrected chi connectivity index (χ4v) is 0. The van der Waals surface area contributed by atoms with Crippen LogP contribution in [0.3, 0.4) is 0 Å². The molecule has 0 aromatic heterocycles. The van der Waals surface area contributed by atoms with Gasteiger partial charge in [0.05, 0.1) is 0 Å². The molecule has 0 heterocycles. The van der Waals surface area contributed by atoms with Crippen LogP contribution in [-0.2, 0) is 4.57 Å². The molecule has 0 atom stereocenters. The Morgan fingerprint density at radius 3 is 1.12 bits per heavy atom. The average Bonchev–Trinajstić information content (AvgIpc) is 0.722. The van der Waals surface area contributed by atoms with Crippen molar-refractivity contribution in [3.63, 3.8) is 0 Å². The van der Waals surface area contributed by atoms with E-state index in [0.29, 0.717) is 0 Å². The third kappa shape index (κ3) is 109. The zero-order valence-electron chi connectivity index (χ0n) is 3.68. The fourth-order valence-electron chi connectivity index (χ4n) is 0. The summed E-state index contributed by atoms with van der Waals surface area (Å²) in [5, 5.41) is 0. The maximum Gasteiger partial charge on any atom is 3.00 e. The molecule has 0 saturated heterocycles. The molecule has 0 amide bonds. The monoisotopic (exact) mass is 266 g/mol. The molecule has 0 aliphatic heterocycles. The van der Waals surface area contributed by atoms with E-state index in [2.05, 4.69) is 0 Å². The molecule has 8 heteroatoms. The largest absolute Gasteiger partial charge is 3.00 e. The van der Waals surface area contributed by atoms with Gasteiger partial charge in [-0.05, 0) is 0 Å². The van der Waals surface area contributed by atoms with E-state index < -0.39 is 7.82 Å². The van der Waals surface area contributed by atoms with Crippen molar-refractivity contribution < 1.29 is 19.2 Å². The summed E-state index contributed by atoms with van der Waals surface area (Å²) in [5.41, 5.74) is 0. The zero-order valence-corrected chi connectivity index (χ0v) is 10.0. The maximum absolute atomic E-state index is 8.55. The summed E-state index contributed by atoms with van der Waals surface area (Å²) in [6.07, 6.45) is 0. The SMILES string of the molecule is O=P([O-])([O-])[O-].[Al+3].[As-3].[Ga+3]. The second kappa shape index (κ2) is 8.84. The molecule has 0 N–H and O–H groups in total. The number of phosphoric acid groups is 1. The van der Waals surface area contributed by atoms with Crippen LogP contribution in [0.2, 0.25) is 0 Å². The minimum absolute atomic E-state index is 0. The Kier molecular flexibility index (Phi) is 24.9. The Morgan fingerprint density at radius 1 is 1.12 bits per heavy atom. The third-order valence-electron chi connectivity index (χ3n) is 0. The summed E-state index contributed by atoms with van der Waals surface area (Å²) in [4.78, 5) is 25.6. The molecule has 0 bridgehead atoms. The molecule has 0 unspecified atom stereocenters. The van der Waals surface area contributed by atoms with Crippen LogP contribution < -0.4 is 14.7 Å². The Balaban J connectivity index is -0.0000000267. The molecule has 0 fully saturated rings. The minimum Gasteiger partial charge on any atom is -3.00 e. The van der Waals surface area contributed by atoms with E-state index in [1.54, 1.807) is 0 Å². The van der Waals surface area contributed by atoms with Gasteiger partial charge >= 0.3 is 37.2 Å². The van der Waals surface area contributed by atoms with Gasteiger partial charge in [0.25, 0.3) is 0 Å². The number of rotatable bonds is 0. The topological polar surface area (TPSA) is 86.2 Å². The molecule has 8 heavy (non-hydrogen) atoms. The van der Waals surface area contributed by atoms with Crippen molar-refractivity contribution in [3.05, 3.63) is 0 Å². The van der Waals surface area contributed by atoms with Crippen molar-refractivity contribution in [2.45, 2.75) is 0 Å². The fraction of sp³-hybridized carbons (Fsp3) is 0. The standard InChI is InChI=1S/Al.As.Ga.H3O4P/c;;;1-5(2,3)4/h;;;(H3,1,2,3,4)/q+3;-3;+3;/p-3. The van der Waals surface area contributed by atoms with Crippen molar-refractivity contribution in [2.24, 2.45) is 0 Å². The Labute approximate surface area is 81.8 Å². The van der Waals surface area contributed by atoms with Gasteiger partial charge in [0, 0.05) is 0 Å². The third-order valence-corrected chi connectivity index (χ3v) is 0. The average molecular weight is 267 g/mol. The first kappa shape index (κ1) is 22.5. The van der Waals surface area contributed by atoms with Crippen molar-refractivity contribution in [2.75, 3.05) is 0 Å². The molecule has 0 rings (SSSR count). The van der Waals surface area contributed by atoms with Crippen molar-refractivity contribution in [1.29, 1.82) is 0 Å². The Bertz CT molecular complexity index is 62.2. The van der Waals surface area contributed by atoms with Gasteiger partial charge in [-0.25, -0.2) is 0 Å². The molecule has 0 spiro atoms. The van der Waals surface area contributed by atoms with E-state index in [1.165, 1.54) is 0 Å². The van der Waals surface area contributed by atoms with Crippen LogP contribution in [0, 0.1) is 0 Å². The van der Waals surface area contributed by atoms with Gasteiger partial charge in [-0.15, -0.1) is 0 Å². The minimum atomic E-state index is -5.39. The molecule has 4 nitrogen and oxygen atoms in total. The molecule has 0 saturated carbocycles. The molecule has 0 aliphatic carbocycles. The van der Waals surface area contributed by atoms with Gasteiger partial charge in [0.1, 0.15) is 0 Å². The first-order valence-electron chi connectivity index (χ1n) is 0.730. The normalized spacial score (nSPS) is 7.38. The number of hydrogen-bond acceptors (Lipinski definition) is 4. The molecule has 0 aromatic carbocycles. The Hall–Kier alpha value is 1.84. The van der Waals surface area contributed by atoms with Gasteiger partial charge < -0.3 is 37.2 Å². The van der Waals surface area contributed by atoms with E-state index in [0.717, 1.165) is 0 Å². The molecular formula is AlAsGaO4P. The molecule has 0 aromatic rings. The van der Waals surface area contributed by atoms with Gasteiger partial charge in [0.2, 0.25) is 0 Å². The van der Waals surface area contributed by atoms with Gasteiger partial charge in [0.15, 0.2) is 0 Å². The molecule has 40 valence electrons. The van der Waals surface area contributed by atoms with E-state index in [-0.39, 0.29) is 55.1 Å². The van der Waals surface area contributed by atoms with Crippen molar-refractivity contribution in [3.8, 4) is 0 Å². The Morgan fingerprint density at radius 2 is 1.12 bits per heavy atom. The summed E-state index contributed by atoms with van der Waals surface area (Å²) in [7, 11) is -5.39. The van der Waals surface area contributed by atoms with Gasteiger partial charge in [-0.2, -0.15) is 7.82 Å². The molecule has 0 radical (unpaired) electrons. The molecular weight excluding hydrogens is 267 g/mol. The van der Waals surface area contributed by atoms with Gasteiger partial charge in [-0.3, -0.25) is 0 Å². The van der Waals surface area contributed by atoms with E-state index in [1.807, 2.05) is 0 Å².